The van der Waals surface area contributed by atoms with Gasteiger partial charge in [0, 0.05) is 12.8 Å². The molecule has 0 aromatic rings. The maximum Gasteiger partial charge on any atom is 0.305 e. The number of carbonyl (C=O) groups is 2. The molecule has 6 heteroatoms. The Morgan fingerprint density at radius 2 is 0.671 bits per heavy atom. The number of amides is 1. The third-order valence-electron chi connectivity index (χ3n) is 14.7. The van der Waals surface area contributed by atoms with Crippen LogP contribution < -0.4 is 5.32 Å². The van der Waals surface area contributed by atoms with Gasteiger partial charge in [-0.1, -0.05) is 282 Å². The van der Waals surface area contributed by atoms with Crippen molar-refractivity contribution in [3.05, 3.63) is 24.3 Å². The summed E-state index contributed by atoms with van der Waals surface area (Å²) < 4.78 is 5.45. The van der Waals surface area contributed by atoms with Gasteiger partial charge in [0.15, 0.2) is 0 Å². The fourth-order valence-electron chi connectivity index (χ4n) is 9.87. The average molecular weight is 987 g/mol. The second-order valence-electron chi connectivity index (χ2n) is 21.7. The summed E-state index contributed by atoms with van der Waals surface area (Å²) in [5.41, 5.74) is 0. The molecule has 0 fully saturated rings. The largest absolute Gasteiger partial charge is 0.466 e. The van der Waals surface area contributed by atoms with Gasteiger partial charge in [-0.3, -0.25) is 9.59 Å². The molecule has 2 atom stereocenters. The fourth-order valence-corrected chi connectivity index (χ4v) is 9.87. The van der Waals surface area contributed by atoms with Crippen molar-refractivity contribution >= 4 is 11.9 Å². The highest BCUT2D eigenvalue weighted by atomic mass is 16.5. The summed E-state index contributed by atoms with van der Waals surface area (Å²) in [6.07, 6.45) is 73.3. The van der Waals surface area contributed by atoms with Crippen LogP contribution in [0, 0.1) is 0 Å². The summed E-state index contributed by atoms with van der Waals surface area (Å²) in [4.78, 5) is 24.5. The first-order chi connectivity index (χ1) is 34.5. The SMILES string of the molecule is CCCCC/C=C\CCCCCCCC(=O)OCCCCCCCCC/C=C\CCCCCCCC(=O)NC(CO)C(O)CCCCCCCCCCCCCCCCCCCCCCCCCCC. The summed E-state index contributed by atoms with van der Waals surface area (Å²) in [6.45, 7) is 4.93. The van der Waals surface area contributed by atoms with Crippen molar-refractivity contribution in [2.45, 2.75) is 360 Å². The summed E-state index contributed by atoms with van der Waals surface area (Å²) in [5, 5.41) is 23.4. The van der Waals surface area contributed by atoms with Gasteiger partial charge in [0.2, 0.25) is 5.91 Å². The van der Waals surface area contributed by atoms with Crippen molar-refractivity contribution < 1.29 is 24.5 Å². The Hall–Kier alpha value is -1.66. The van der Waals surface area contributed by atoms with E-state index in [4.69, 9.17) is 4.74 Å². The summed E-state index contributed by atoms with van der Waals surface area (Å²) in [6, 6.07) is -0.555. The number of unbranched alkanes of at least 4 members (excludes halogenated alkanes) is 44. The topological polar surface area (TPSA) is 95.9 Å². The molecule has 0 spiro atoms. The minimum absolute atomic E-state index is 0.0121. The first-order valence-corrected chi connectivity index (χ1v) is 31.6. The van der Waals surface area contributed by atoms with E-state index in [0.717, 1.165) is 64.2 Å². The van der Waals surface area contributed by atoms with Crippen LogP contribution in [0.15, 0.2) is 24.3 Å². The highest BCUT2D eigenvalue weighted by Crippen LogP contribution is 2.18. The average Bonchev–Trinajstić information content (AvgIpc) is 3.36. The number of aliphatic hydroxyl groups is 2. The minimum atomic E-state index is -0.676. The van der Waals surface area contributed by atoms with Gasteiger partial charge in [-0.25, -0.2) is 0 Å². The van der Waals surface area contributed by atoms with E-state index in [1.807, 2.05) is 0 Å². The molecule has 0 aromatic carbocycles. The van der Waals surface area contributed by atoms with Crippen molar-refractivity contribution in [2.24, 2.45) is 0 Å². The van der Waals surface area contributed by atoms with E-state index < -0.39 is 12.1 Å². The second kappa shape index (κ2) is 59.9. The van der Waals surface area contributed by atoms with Crippen LogP contribution >= 0.6 is 0 Å². The Morgan fingerprint density at radius 1 is 0.386 bits per heavy atom. The van der Waals surface area contributed by atoms with E-state index in [0.29, 0.717) is 25.9 Å². The molecule has 0 rings (SSSR count). The number of carbonyl (C=O) groups excluding carboxylic acids is 2. The van der Waals surface area contributed by atoms with E-state index in [9.17, 15) is 19.8 Å². The number of allylic oxidation sites excluding steroid dienone is 4. The lowest BCUT2D eigenvalue weighted by atomic mass is 10.0. The molecule has 414 valence electrons. The Bertz CT molecular complexity index is 1090. The van der Waals surface area contributed by atoms with Crippen LogP contribution in [0.3, 0.4) is 0 Å². The number of hydrogen-bond donors (Lipinski definition) is 3. The van der Waals surface area contributed by atoms with Gasteiger partial charge in [-0.2, -0.15) is 0 Å². The molecule has 0 saturated carbocycles. The first-order valence-electron chi connectivity index (χ1n) is 31.6. The van der Waals surface area contributed by atoms with Crippen molar-refractivity contribution in [3.63, 3.8) is 0 Å². The lowest BCUT2D eigenvalue weighted by Crippen LogP contribution is -2.45. The predicted molar refractivity (Wildman–Crippen MR) is 306 cm³/mol. The molecule has 3 N–H and O–H groups in total. The molecular weight excluding hydrogens is 863 g/mol. The smallest absolute Gasteiger partial charge is 0.305 e. The summed E-state index contributed by atoms with van der Waals surface area (Å²) in [5.74, 6) is -0.0608. The van der Waals surface area contributed by atoms with E-state index in [1.165, 1.54) is 250 Å². The number of aliphatic hydroxyl groups excluding tert-OH is 2. The van der Waals surface area contributed by atoms with E-state index in [-0.39, 0.29) is 18.5 Å². The molecule has 0 aromatic heterocycles. The molecule has 0 bridgehead atoms. The lowest BCUT2D eigenvalue weighted by molar-refractivity contribution is -0.143. The normalized spacial score (nSPS) is 12.7. The molecular formula is C64H123NO5. The van der Waals surface area contributed by atoms with Crippen LogP contribution in [0.25, 0.3) is 0 Å². The highest BCUT2D eigenvalue weighted by Gasteiger charge is 2.20. The molecule has 6 nitrogen and oxygen atoms in total. The zero-order valence-corrected chi connectivity index (χ0v) is 47.3. The van der Waals surface area contributed by atoms with Gasteiger partial charge in [0.25, 0.3) is 0 Å². The molecule has 0 aliphatic rings. The third-order valence-corrected chi connectivity index (χ3v) is 14.7. The van der Waals surface area contributed by atoms with Crippen LogP contribution in [0.2, 0.25) is 0 Å². The van der Waals surface area contributed by atoms with E-state index >= 15 is 0 Å². The fraction of sp³-hybridized carbons (Fsp3) is 0.906. The molecule has 0 heterocycles. The van der Waals surface area contributed by atoms with Crippen LogP contribution in [-0.2, 0) is 14.3 Å². The lowest BCUT2D eigenvalue weighted by Gasteiger charge is -2.22. The van der Waals surface area contributed by atoms with Crippen LogP contribution in [-0.4, -0.2) is 47.4 Å². The minimum Gasteiger partial charge on any atom is -0.466 e. The Kier molecular flexibility index (Phi) is 58.5. The molecule has 2 unspecified atom stereocenters. The van der Waals surface area contributed by atoms with Crippen LogP contribution in [0.5, 0.6) is 0 Å². The van der Waals surface area contributed by atoms with E-state index in [1.54, 1.807) is 0 Å². The molecule has 0 aliphatic carbocycles. The van der Waals surface area contributed by atoms with Gasteiger partial charge in [0.1, 0.15) is 0 Å². The van der Waals surface area contributed by atoms with E-state index in [2.05, 4.69) is 43.5 Å². The molecule has 1 amide bonds. The van der Waals surface area contributed by atoms with Gasteiger partial charge in [0.05, 0.1) is 25.4 Å². The zero-order chi connectivity index (χ0) is 50.7. The standard InChI is InChI=1S/C64H123NO5/c1-3-5-7-9-11-13-15-17-18-19-20-21-22-23-24-25-26-27-30-33-36-40-44-48-52-56-62(67)61(60-66)65-63(68)57-53-49-45-41-37-34-31-28-29-32-35-39-43-47-51-55-59-70-64(69)58-54-50-46-42-38-16-14-12-10-8-6-4-2/h12,14,28,31,61-62,66-67H,3-11,13,15-27,29-30,32-60H2,1-2H3,(H,65,68)/b14-12-,31-28-. The number of ether oxygens (including phenoxy) is 1. The Labute approximate surface area is 437 Å². The highest BCUT2D eigenvalue weighted by molar-refractivity contribution is 5.76. The summed E-state index contributed by atoms with van der Waals surface area (Å²) >= 11 is 0. The maximum absolute atomic E-state index is 12.5. The van der Waals surface area contributed by atoms with Gasteiger partial charge < -0.3 is 20.3 Å². The van der Waals surface area contributed by atoms with Crippen molar-refractivity contribution in [1.82, 2.24) is 5.32 Å². The Morgan fingerprint density at radius 3 is 1.04 bits per heavy atom. The number of hydrogen-bond acceptors (Lipinski definition) is 5. The van der Waals surface area contributed by atoms with Gasteiger partial charge >= 0.3 is 5.97 Å². The van der Waals surface area contributed by atoms with Crippen molar-refractivity contribution in [1.29, 1.82) is 0 Å². The zero-order valence-electron chi connectivity index (χ0n) is 47.3. The number of rotatable bonds is 59. The Balaban J connectivity index is 3.46. The maximum atomic E-state index is 12.5. The van der Waals surface area contributed by atoms with Crippen LogP contribution in [0.4, 0.5) is 0 Å². The number of nitrogens with one attached hydrogen (secondary N) is 1. The molecule has 0 saturated heterocycles. The predicted octanol–water partition coefficient (Wildman–Crippen LogP) is 19.8. The second-order valence-corrected chi connectivity index (χ2v) is 21.7. The monoisotopic (exact) mass is 986 g/mol. The summed E-state index contributed by atoms with van der Waals surface area (Å²) in [7, 11) is 0. The van der Waals surface area contributed by atoms with Crippen molar-refractivity contribution in [2.75, 3.05) is 13.2 Å². The van der Waals surface area contributed by atoms with Gasteiger partial charge in [-0.15, -0.1) is 0 Å². The molecule has 70 heavy (non-hydrogen) atoms. The quantitative estimate of drug-likeness (QED) is 0.0321. The van der Waals surface area contributed by atoms with Gasteiger partial charge in [-0.05, 0) is 77.0 Å². The van der Waals surface area contributed by atoms with Crippen molar-refractivity contribution in [3.8, 4) is 0 Å². The molecule has 0 radical (unpaired) electrons. The third kappa shape index (κ3) is 55.7. The molecule has 0 aliphatic heterocycles. The number of esters is 1. The van der Waals surface area contributed by atoms with Crippen LogP contribution in [0.1, 0.15) is 348 Å². The first kappa shape index (κ1) is 68.3.